The van der Waals surface area contributed by atoms with Crippen LogP contribution in [0.25, 0.3) is 0 Å². The number of hydrogen-bond donors (Lipinski definition) is 1. The lowest BCUT2D eigenvalue weighted by molar-refractivity contribution is 0.107. The lowest BCUT2D eigenvalue weighted by Gasteiger charge is -2.04. The summed E-state index contributed by atoms with van der Waals surface area (Å²) in [6, 6.07) is 13.4. The van der Waals surface area contributed by atoms with E-state index in [0.29, 0.717) is 19.0 Å². The summed E-state index contributed by atoms with van der Waals surface area (Å²) in [5, 5.41) is 5.76. The van der Waals surface area contributed by atoms with Crippen molar-refractivity contribution in [1.29, 1.82) is 0 Å². The number of oxime groups is 1. The molecule has 94 valence electrons. The molecule has 2 N–H and O–H groups in total. The number of amidine groups is 1. The Hall–Kier alpha value is -2.01. The van der Waals surface area contributed by atoms with E-state index in [2.05, 4.69) is 5.16 Å². The fourth-order valence-electron chi connectivity index (χ4n) is 1.30. The summed E-state index contributed by atoms with van der Waals surface area (Å²) in [5.41, 5.74) is 5.73. The van der Waals surface area contributed by atoms with Gasteiger partial charge in [-0.15, -0.1) is 11.3 Å². The third-order valence-corrected chi connectivity index (χ3v) is 3.02. The topological polar surface area (TPSA) is 56.8 Å². The second-order valence-electron chi connectivity index (χ2n) is 3.45. The van der Waals surface area contributed by atoms with E-state index < -0.39 is 0 Å². The Labute approximate surface area is 110 Å². The number of para-hydroxylation sites is 1. The molecule has 18 heavy (non-hydrogen) atoms. The van der Waals surface area contributed by atoms with Crippen molar-refractivity contribution in [1.82, 2.24) is 0 Å². The van der Waals surface area contributed by atoms with Crippen molar-refractivity contribution in [3.05, 3.63) is 52.7 Å². The average molecular weight is 262 g/mol. The minimum absolute atomic E-state index is 0.362. The number of rotatable bonds is 6. The Bertz CT molecular complexity index is 483. The first-order valence-electron chi connectivity index (χ1n) is 5.53. The van der Waals surface area contributed by atoms with Gasteiger partial charge >= 0.3 is 0 Å². The van der Waals surface area contributed by atoms with E-state index >= 15 is 0 Å². The third kappa shape index (κ3) is 3.78. The lowest BCUT2D eigenvalue weighted by Crippen LogP contribution is -2.13. The van der Waals surface area contributed by atoms with Gasteiger partial charge in [0.2, 0.25) is 0 Å². The molecular formula is C13H14N2O2S. The van der Waals surface area contributed by atoms with Crippen LogP contribution in [-0.2, 0) is 4.84 Å². The van der Waals surface area contributed by atoms with Crippen molar-refractivity contribution in [3.8, 4) is 5.75 Å². The van der Waals surface area contributed by atoms with Gasteiger partial charge in [-0.3, -0.25) is 0 Å². The number of hydrogen-bond acceptors (Lipinski definition) is 4. The summed E-state index contributed by atoms with van der Waals surface area (Å²) in [5.74, 6) is 1.21. The largest absolute Gasteiger partial charge is 0.490 e. The second-order valence-corrected chi connectivity index (χ2v) is 4.40. The maximum atomic E-state index is 5.73. The molecule has 0 aliphatic heterocycles. The first-order chi connectivity index (χ1) is 8.86. The van der Waals surface area contributed by atoms with E-state index in [1.807, 2.05) is 47.8 Å². The van der Waals surface area contributed by atoms with Gasteiger partial charge < -0.3 is 15.3 Å². The molecule has 0 amide bonds. The average Bonchev–Trinajstić information content (AvgIpc) is 2.93. The highest BCUT2D eigenvalue weighted by molar-refractivity contribution is 7.12. The molecule has 0 bridgehead atoms. The Kier molecular flexibility index (Phi) is 4.60. The van der Waals surface area contributed by atoms with Gasteiger partial charge in [0, 0.05) is 0 Å². The van der Waals surface area contributed by atoms with Crippen LogP contribution in [0.2, 0.25) is 0 Å². The Morgan fingerprint density at radius 1 is 1.11 bits per heavy atom. The van der Waals surface area contributed by atoms with Gasteiger partial charge in [-0.25, -0.2) is 0 Å². The molecular weight excluding hydrogens is 248 g/mol. The molecule has 0 aliphatic rings. The summed E-state index contributed by atoms with van der Waals surface area (Å²) in [6.07, 6.45) is 0. The van der Waals surface area contributed by atoms with E-state index in [4.69, 9.17) is 15.3 Å². The van der Waals surface area contributed by atoms with Gasteiger partial charge in [-0.2, -0.15) is 0 Å². The molecule has 5 heteroatoms. The fraction of sp³-hybridized carbons (Fsp3) is 0.154. The maximum absolute atomic E-state index is 5.73. The van der Waals surface area contributed by atoms with E-state index in [-0.39, 0.29) is 0 Å². The molecule has 0 saturated heterocycles. The molecule has 0 aliphatic carbocycles. The Morgan fingerprint density at radius 2 is 1.94 bits per heavy atom. The van der Waals surface area contributed by atoms with Crippen LogP contribution in [0.15, 0.2) is 53.0 Å². The zero-order chi connectivity index (χ0) is 12.6. The smallest absolute Gasteiger partial charge is 0.180 e. The summed E-state index contributed by atoms with van der Waals surface area (Å²) in [7, 11) is 0. The summed E-state index contributed by atoms with van der Waals surface area (Å²) in [6.45, 7) is 0.798. The van der Waals surface area contributed by atoms with Crippen molar-refractivity contribution >= 4 is 17.2 Å². The Balaban J connectivity index is 1.69. The van der Waals surface area contributed by atoms with E-state index in [9.17, 15) is 0 Å². The SMILES string of the molecule is N/C(=N/OCCOc1ccccc1)c1cccs1. The first kappa shape index (κ1) is 12.4. The van der Waals surface area contributed by atoms with Crippen molar-refractivity contribution < 1.29 is 9.57 Å². The van der Waals surface area contributed by atoms with Crippen LogP contribution < -0.4 is 10.5 Å². The molecule has 0 atom stereocenters. The Morgan fingerprint density at radius 3 is 2.67 bits per heavy atom. The monoisotopic (exact) mass is 262 g/mol. The van der Waals surface area contributed by atoms with Crippen molar-refractivity contribution in [2.24, 2.45) is 10.9 Å². The van der Waals surface area contributed by atoms with Gasteiger partial charge in [0.05, 0.1) is 4.88 Å². The molecule has 1 heterocycles. The summed E-state index contributed by atoms with van der Waals surface area (Å²) < 4.78 is 5.45. The van der Waals surface area contributed by atoms with Crippen molar-refractivity contribution in [3.63, 3.8) is 0 Å². The maximum Gasteiger partial charge on any atom is 0.180 e. The number of nitrogens with two attached hydrogens (primary N) is 1. The van der Waals surface area contributed by atoms with Crippen LogP contribution in [0, 0.1) is 0 Å². The highest BCUT2D eigenvalue weighted by atomic mass is 32.1. The second kappa shape index (κ2) is 6.66. The van der Waals surface area contributed by atoms with Crippen LogP contribution in [0.5, 0.6) is 5.75 Å². The fourth-order valence-corrected chi connectivity index (χ4v) is 1.92. The third-order valence-electron chi connectivity index (χ3n) is 2.12. The summed E-state index contributed by atoms with van der Waals surface area (Å²) in [4.78, 5) is 5.99. The highest BCUT2D eigenvalue weighted by Crippen LogP contribution is 2.08. The number of benzene rings is 1. The molecule has 0 saturated carbocycles. The standard InChI is InChI=1S/C13H14N2O2S/c14-13(12-7-4-10-18-12)15-17-9-8-16-11-5-2-1-3-6-11/h1-7,10H,8-9H2,(H2,14,15). The number of ether oxygens (including phenoxy) is 1. The van der Waals surface area contributed by atoms with E-state index in [0.717, 1.165) is 10.6 Å². The summed E-state index contributed by atoms with van der Waals surface area (Å²) >= 11 is 1.52. The highest BCUT2D eigenvalue weighted by Gasteiger charge is 1.99. The molecule has 0 unspecified atom stereocenters. The zero-order valence-corrected chi connectivity index (χ0v) is 10.6. The van der Waals surface area contributed by atoms with Crippen molar-refractivity contribution in [2.45, 2.75) is 0 Å². The quantitative estimate of drug-likeness (QED) is 0.376. The number of nitrogens with zero attached hydrogens (tertiary/aromatic N) is 1. The van der Waals surface area contributed by atoms with Gasteiger partial charge in [0.1, 0.15) is 12.4 Å². The molecule has 4 nitrogen and oxygen atoms in total. The van der Waals surface area contributed by atoms with Crippen LogP contribution >= 0.6 is 11.3 Å². The predicted octanol–water partition coefficient (Wildman–Crippen LogP) is 2.46. The molecule has 0 spiro atoms. The minimum Gasteiger partial charge on any atom is -0.490 e. The first-order valence-corrected chi connectivity index (χ1v) is 6.41. The number of thiophene rings is 1. The molecule has 0 fully saturated rings. The van der Waals surface area contributed by atoms with Gasteiger partial charge in [0.15, 0.2) is 12.4 Å². The van der Waals surface area contributed by atoms with Gasteiger partial charge in [-0.05, 0) is 23.6 Å². The molecule has 0 radical (unpaired) electrons. The van der Waals surface area contributed by atoms with Crippen LogP contribution in [-0.4, -0.2) is 19.0 Å². The van der Waals surface area contributed by atoms with E-state index in [1.165, 1.54) is 11.3 Å². The molecule has 1 aromatic heterocycles. The molecule has 1 aromatic carbocycles. The van der Waals surface area contributed by atoms with Gasteiger partial charge in [-0.1, -0.05) is 29.4 Å². The van der Waals surface area contributed by atoms with Crippen LogP contribution in [0.3, 0.4) is 0 Å². The minimum atomic E-state index is 0.362. The molecule has 2 rings (SSSR count). The van der Waals surface area contributed by atoms with Crippen molar-refractivity contribution in [2.75, 3.05) is 13.2 Å². The van der Waals surface area contributed by atoms with Gasteiger partial charge in [0.25, 0.3) is 0 Å². The van der Waals surface area contributed by atoms with Crippen LogP contribution in [0.4, 0.5) is 0 Å². The predicted molar refractivity (Wildman–Crippen MR) is 72.9 cm³/mol. The van der Waals surface area contributed by atoms with Crippen LogP contribution in [0.1, 0.15) is 4.88 Å². The lowest BCUT2D eigenvalue weighted by atomic mass is 10.3. The zero-order valence-electron chi connectivity index (χ0n) is 9.78. The molecule has 2 aromatic rings. The van der Waals surface area contributed by atoms with E-state index in [1.54, 1.807) is 0 Å². The normalized spacial score (nSPS) is 11.2.